The van der Waals surface area contributed by atoms with E-state index >= 15 is 0 Å². The Morgan fingerprint density at radius 1 is 1.15 bits per heavy atom. The van der Waals surface area contributed by atoms with Crippen LogP contribution in [-0.2, 0) is 22.6 Å². The lowest BCUT2D eigenvalue weighted by molar-refractivity contribution is 0.0332. The van der Waals surface area contributed by atoms with Crippen LogP contribution < -0.4 is 0 Å². The summed E-state index contributed by atoms with van der Waals surface area (Å²) in [7, 11) is 3.27. The number of hydrogen-bond acceptors (Lipinski definition) is 4. The number of halogens is 1. The van der Waals surface area contributed by atoms with Gasteiger partial charge >= 0.3 is 0 Å². The smallest absolute Gasteiger partial charge is 0.128 e. The van der Waals surface area contributed by atoms with E-state index in [1.54, 1.807) is 26.4 Å². The van der Waals surface area contributed by atoms with Gasteiger partial charge in [-0.05, 0) is 24.6 Å². The monoisotopic (exact) mass is 364 g/mol. The molecule has 2 aromatic rings. The van der Waals surface area contributed by atoms with Crippen molar-refractivity contribution < 1.29 is 19.0 Å². The number of hydrogen-bond donors (Lipinski definition) is 1. The highest BCUT2D eigenvalue weighted by Crippen LogP contribution is 2.14. The van der Waals surface area contributed by atoms with Crippen LogP contribution in [-0.4, -0.2) is 61.2 Å². The van der Waals surface area contributed by atoms with Crippen LogP contribution in [0.15, 0.2) is 42.6 Å². The third kappa shape index (κ3) is 6.53. The normalized spacial score (nSPS) is 12.7. The SMILES string of the molecule is COCCCN(Cc1cccn1Cc1ccccc1F)C[C@@H](O)COC. The van der Waals surface area contributed by atoms with Gasteiger partial charge in [0.15, 0.2) is 0 Å². The van der Waals surface area contributed by atoms with Gasteiger partial charge in [-0.1, -0.05) is 18.2 Å². The maximum atomic E-state index is 14.0. The summed E-state index contributed by atoms with van der Waals surface area (Å²) in [6, 6.07) is 10.8. The number of rotatable bonds is 12. The van der Waals surface area contributed by atoms with Gasteiger partial charge in [-0.2, -0.15) is 0 Å². The molecule has 0 saturated heterocycles. The molecule has 0 aliphatic heterocycles. The first-order valence-electron chi connectivity index (χ1n) is 8.89. The van der Waals surface area contributed by atoms with E-state index in [4.69, 9.17) is 9.47 Å². The standard InChI is InChI=1S/C20H29FN2O3/c1-25-12-6-10-22(15-19(24)16-26-2)14-18-8-5-11-23(18)13-17-7-3-4-9-20(17)21/h3-5,7-9,11,19,24H,6,10,12-16H2,1-2H3/t19-/m1/s1. The van der Waals surface area contributed by atoms with Crippen molar-refractivity contribution in [2.24, 2.45) is 0 Å². The summed E-state index contributed by atoms with van der Waals surface area (Å²) in [6.45, 7) is 3.46. The van der Waals surface area contributed by atoms with Crippen LogP contribution >= 0.6 is 0 Å². The maximum absolute atomic E-state index is 14.0. The van der Waals surface area contributed by atoms with Gasteiger partial charge in [0.2, 0.25) is 0 Å². The Bertz CT molecular complexity index is 647. The van der Waals surface area contributed by atoms with Gasteiger partial charge < -0.3 is 19.1 Å². The fraction of sp³-hybridized carbons (Fsp3) is 0.500. The molecule has 1 aromatic heterocycles. The number of methoxy groups -OCH3 is 2. The van der Waals surface area contributed by atoms with Crippen LogP contribution in [0.3, 0.4) is 0 Å². The van der Waals surface area contributed by atoms with Crippen molar-refractivity contribution >= 4 is 0 Å². The summed E-state index contributed by atoms with van der Waals surface area (Å²) in [4.78, 5) is 2.18. The molecule has 0 saturated carbocycles. The lowest BCUT2D eigenvalue weighted by atomic mass is 10.2. The largest absolute Gasteiger partial charge is 0.389 e. The zero-order chi connectivity index (χ0) is 18.8. The van der Waals surface area contributed by atoms with Crippen LogP contribution in [0.25, 0.3) is 0 Å². The van der Waals surface area contributed by atoms with Gasteiger partial charge in [0.25, 0.3) is 0 Å². The Kier molecular flexibility index (Phi) is 8.77. The molecule has 0 aliphatic carbocycles. The van der Waals surface area contributed by atoms with E-state index < -0.39 is 6.10 Å². The van der Waals surface area contributed by atoms with Crippen LogP contribution in [0, 0.1) is 5.82 Å². The number of aromatic nitrogens is 1. The van der Waals surface area contributed by atoms with Crippen molar-refractivity contribution in [3.05, 3.63) is 59.7 Å². The highest BCUT2D eigenvalue weighted by atomic mass is 19.1. The maximum Gasteiger partial charge on any atom is 0.128 e. The second kappa shape index (κ2) is 11.1. The minimum Gasteiger partial charge on any atom is -0.389 e. The van der Waals surface area contributed by atoms with Gasteiger partial charge in [-0.25, -0.2) is 4.39 Å². The highest BCUT2D eigenvalue weighted by molar-refractivity contribution is 5.19. The minimum atomic E-state index is -0.544. The molecule has 144 valence electrons. The molecule has 1 aromatic carbocycles. The van der Waals surface area contributed by atoms with Crippen molar-refractivity contribution in [3.8, 4) is 0 Å². The van der Waals surface area contributed by atoms with Crippen molar-refractivity contribution in [3.63, 3.8) is 0 Å². The van der Waals surface area contributed by atoms with E-state index in [-0.39, 0.29) is 5.82 Å². The Balaban J connectivity index is 2.05. The third-order valence-corrected chi connectivity index (χ3v) is 4.26. The number of ether oxygens (including phenoxy) is 2. The van der Waals surface area contributed by atoms with E-state index in [1.807, 2.05) is 29.0 Å². The molecule has 0 unspecified atom stereocenters. The molecule has 5 nitrogen and oxygen atoms in total. The van der Waals surface area contributed by atoms with E-state index in [2.05, 4.69) is 4.90 Å². The Hall–Kier alpha value is -1.73. The molecule has 6 heteroatoms. The van der Waals surface area contributed by atoms with Gasteiger partial charge in [0, 0.05) is 57.9 Å². The summed E-state index contributed by atoms with van der Waals surface area (Å²) in [6.07, 6.45) is 2.29. The van der Waals surface area contributed by atoms with Crippen LogP contribution in [0.4, 0.5) is 4.39 Å². The van der Waals surface area contributed by atoms with Crippen molar-refractivity contribution in [2.45, 2.75) is 25.6 Å². The molecule has 1 N–H and O–H groups in total. The number of benzene rings is 1. The average molecular weight is 364 g/mol. The van der Waals surface area contributed by atoms with Gasteiger partial charge in [-0.3, -0.25) is 4.90 Å². The average Bonchev–Trinajstić information content (AvgIpc) is 3.04. The molecule has 0 aliphatic rings. The van der Waals surface area contributed by atoms with E-state index in [0.29, 0.717) is 38.4 Å². The van der Waals surface area contributed by atoms with Crippen molar-refractivity contribution in [1.29, 1.82) is 0 Å². The molecule has 0 bridgehead atoms. The second-order valence-corrected chi connectivity index (χ2v) is 6.41. The fourth-order valence-corrected chi connectivity index (χ4v) is 3.00. The third-order valence-electron chi connectivity index (χ3n) is 4.26. The number of aliphatic hydroxyl groups is 1. The lowest BCUT2D eigenvalue weighted by Crippen LogP contribution is -2.36. The van der Waals surface area contributed by atoms with Gasteiger partial charge in [0.1, 0.15) is 5.82 Å². The first-order chi connectivity index (χ1) is 12.6. The van der Waals surface area contributed by atoms with Crippen molar-refractivity contribution in [1.82, 2.24) is 9.47 Å². The predicted octanol–water partition coefficient (Wildman–Crippen LogP) is 2.52. The summed E-state index contributed by atoms with van der Waals surface area (Å²) in [5.74, 6) is -0.195. The molecule has 0 fully saturated rings. The van der Waals surface area contributed by atoms with E-state index in [0.717, 1.165) is 18.7 Å². The fourth-order valence-electron chi connectivity index (χ4n) is 3.00. The summed E-state index contributed by atoms with van der Waals surface area (Å²) < 4.78 is 26.2. The molecule has 2 rings (SSSR count). The molecule has 26 heavy (non-hydrogen) atoms. The molecular formula is C20H29FN2O3. The molecule has 0 spiro atoms. The molecule has 0 amide bonds. The summed E-state index contributed by atoms with van der Waals surface area (Å²) in [5, 5.41) is 10.1. The predicted molar refractivity (Wildman–Crippen MR) is 99.6 cm³/mol. The van der Waals surface area contributed by atoms with Crippen LogP contribution in [0.5, 0.6) is 0 Å². The molecule has 1 heterocycles. The van der Waals surface area contributed by atoms with Crippen molar-refractivity contribution in [2.75, 3.05) is 40.5 Å². The quantitative estimate of drug-likeness (QED) is 0.588. The Morgan fingerprint density at radius 3 is 2.69 bits per heavy atom. The number of aliphatic hydroxyl groups excluding tert-OH is 1. The van der Waals surface area contributed by atoms with E-state index in [1.165, 1.54) is 6.07 Å². The Labute approximate surface area is 155 Å². The Morgan fingerprint density at radius 2 is 1.96 bits per heavy atom. The first-order valence-corrected chi connectivity index (χ1v) is 8.89. The zero-order valence-electron chi connectivity index (χ0n) is 15.6. The first kappa shape index (κ1) is 20.6. The molecular weight excluding hydrogens is 335 g/mol. The highest BCUT2D eigenvalue weighted by Gasteiger charge is 2.14. The number of nitrogens with zero attached hydrogens (tertiary/aromatic N) is 2. The molecule has 0 radical (unpaired) electrons. The second-order valence-electron chi connectivity index (χ2n) is 6.41. The van der Waals surface area contributed by atoms with Crippen LogP contribution in [0.2, 0.25) is 0 Å². The topological polar surface area (TPSA) is 46.9 Å². The van der Waals surface area contributed by atoms with E-state index in [9.17, 15) is 9.50 Å². The van der Waals surface area contributed by atoms with Crippen LogP contribution in [0.1, 0.15) is 17.7 Å². The summed E-state index contributed by atoms with van der Waals surface area (Å²) >= 11 is 0. The zero-order valence-corrected chi connectivity index (χ0v) is 15.6. The van der Waals surface area contributed by atoms with Gasteiger partial charge in [-0.15, -0.1) is 0 Å². The summed E-state index contributed by atoms with van der Waals surface area (Å²) in [5.41, 5.74) is 1.74. The molecule has 1 atom stereocenters. The minimum absolute atomic E-state index is 0.195. The van der Waals surface area contributed by atoms with Gasteiger partial charge in [0.05, 0.1) is 19.3 Å². The lowest BCUT2D eigenvalue weighted by Gasteiger charge is -2.25.